The quantitative estimate of drug-likeness (QED) is 0.292. The Labute approximate surface area is 218 Å². The number of nitrogens with zero attached hydrogens (tertiary/aromatic N) is 5. The first kappa shape index (κ1) is 24.3. The van der Waals surface area contributed by atoms with Crippen molar-refractivity contribution in [3.05, 3.63) is 79.1 Å². The molecule has 0 saturated carbocycles. The Morgan fingerprint density at radius 2 is 1.89 bits per heavy atom. The van der Waals surface area contributed by atoms with Gasteiger partial charge in [-0.1, -0.05) is 30.3 Å². The second-order valence-corrected chi connectivity index (χ2v) is 10.8. The number of fused-ring (bicyclic) bond motifs is 3. The van der Waals surface area contributed by atoms with Crippen LogP contribution in [0.1, 0.15) is 68.7 Å². The molecule has 0 saturated heterocycles. The lowest BCUT2D eigenvalue weighted by atomic mass is 9.98. The molecule has 0 unspecified atom stereocenters. The molecule has 4 aromatic rings. The molecule has 5 rings (SSSR count). The van der Waals surface area contributed by atoms with E-state index in [4.69, 9.17) is 9.73 Å². The molecular formula is C27H27N5O2S2. The number of ether oxygens (including phenoxy) is 1. The SMILES string of the molecule is CCOC(=O)C[C@@H]1N=C(c2ccc(C=Cc3scnc3C)cc2)c2c(sc(C)c2C)-n2c(C)nnc21. The predicted octanol–water partition coefficient (Wildman–Crippen LogP) is 6.03. The molecule has 1 aliphatic rings. The maximum atomic E-state index is 12.5. The predicted molar refractivity (Wildman–Crippen MR) is 145 cm³/mol. The summed E-state index contributed by atoms with van der Waals surface area (Å²) in [5.41, 5.74) is 8.08. The number of thiazole rings is 1. The van der Waals surface area contributed by atoms with Crippen LogP contribution in [-0.4, -0.2) is 38.0 Å². The molecule has 1 aromatic carbocycles. The molecular weight excluding hydrogens is 490 g/mol. The lowest BCUT2D eigenvalue weighted by Gasteiger charge is -2.12. The molecule has 36 heavy (non-hydrogen) atoms. The summed E-state index contributed by atoms with van der Waals surface area (Å²) in [6.45, 7) is 10.3. The summed E-state index contributed by atoms with van der Waals surface area (Å²) in [7, 11) is 0. The maximum absolute atomic E-state index is 12.5. The summed E-state index contributed by atoms with van der Waals surface area (Å²) in [6, 6.07) is 7.88. The standard InChI is InChI=1S/C27H27N5O2S2/c1-6-34-23(33)13-21-26-31-30-18(5)32(26)27-24(15(2)17(4)36-27)25(29-21)20-10-7-19(8-11-20)9-12-22-16(3)28-14-35-22/h7-12,14,21H,6,13H2,1-5H3/t21-/m0/s1. The molecule has 0 N–H and O–H groups in total. The average molecular weight is 518 g/mol. The highest BCUT2D eigenvalue weighted by Crippen LogP contribution is 2.39. The number of hydrogen-bond acceptors (Lipinski definition) is 8. The number of carbonyl (C=O) groups is 1. The van der Waals surface area contributed by atoms with E-state index in [1.165, 1.54) is 10.4 Å². The summed E-state index contributed by atoms with van der Waals surface area (Å²) in [5.74, 6) is 1.14. The van der Waals surface area contributed by atoms with E-state index in [2.05, 4.69) is 70.0 Å². The summed E-state index contributed by atoms with van der Waals surface area (Å²) in [6.07, 6.45) is 4.30. The Morgan fingerprint density at radius 3 is 2.58 bits per heavy atom. The van der Waals surface area contributed by atoms with Gasteiger partial charge in [-0.05, 0) is 51.8 Å². The van der Waals surface area contributed by atoms with E-state index in [1.807, 2.05) is 26.3 Å². The maximum Gasteiger partial charge on any atom is 0.308 e. The topological polar surface area (TPSA) is 82.3 Å². The van der Waals surface area contributed by atoms with E-state index in [0.717, 1.165) is 43.8 Å². The van der Waals surface area contributed by atoms with Gasteiger partial charge in [-0.15, -0.1) is 32.9 Å². The molecule has 7 nitrogen and oxygen atoms in total. The molecule has 0 bridgehead atoms. The van der Waals surface area contributed by atoms with Crippen LogP contribution >= 0.6 is 22.7 Å². The van der Waals surface area contributed by atoms with Crippen molar-refractivity contribution < 1.29 is 9.53 Å². The highest BCUT2D eigenvalue weighted by atomic mass is 32.1. The first-order valence-electron chi connectivity index (χ1n) is 11.8. The summed E-state index contributed by atoms with van der Waals surface area (Å²) in [4.78, 5) is 24.3. The average Bonchev–Trinajstić information content (AvgIpc) is 3.50. The van der Waals surface area contributed by atoms with Crippen molar-refractivity contribution in [2.45, 2.75) is 47.1 Å². The molecule has 9 heteroatoms. The van der Waals surface area contributed by atoms with Gasteiger partial charge < -0.3 is 4.74 Å². The van der Waals surface area contributed by atoms with Crippen molar-refractivity contribution in [1.82, 2.24) is 19.7 Å². The van der Waals surface area contributed by atoms with Gasteiger partial charge in [0.15, 0.2) is 5.82 Å². The Balaban J connectivity index is 1.59. The molecule has 0 fully saturated rings. The zero-order valence-corrected chi connectivity index (χ0v) is 22.5. The lowest BCUT2D eigenvalue weighted by Crippen LogP contribution is -2.13. The largest absolute Gasteiger partial charge is 0.466 e. The van der Waals surface area contributed by atoms with Crippen molar-refractivity contribution in [2.24, 2.45) is 4.99 Å². The zero-order chi connectivity index (χ0) is 25.4. The van der Waals surface area contributed by atoms with Crippen LogP contribution in [0.4, 0.5) is 0 Å². The minimum Gasteiger partial charge on any atom is -0.466 e. The second kappa shape index (κ2) is 9.91. The van der Waals surface area contributed by atoms with Crippen LogP contribution in [0.25, 0.3) is 17.2 Å². The number of aromatic nitrogens is 4. The Hall–Kier alpha value is -3.43. The fourth-order valence-corrected chi connectivity index (χ4v) is 6.21. The third kappa shape index (κ3) is 4.44. The molecule has 3 aromatic heterocycles. The van der Waals surface area contributed by atoms with E-state index in [9.17, 15) is 4.79 Å². The Bertz CT molecular complexity index is 1490. The van der Waals surface area contributed by atoms with Crippen LogP contribution in [-0.2, 0) is 9.53 Å². The first-order chi connectivity index (χ1) is 17.4. The second-order valence-electron chi connectivity index (χ2n) is 8.66. The van der Waals surface area contributed by atoms with E-state index in [-0.39, 0.29) is 12.4 Å². The number of thiophene rings is 1. The van der Waals surface area contributed by atoms with Gasteiger partial charge in [0.25, 0.3) is 0 Å². The normalized spacial score (nSPS) is 14.9. The zero-order valence-electron chi connectivity index (χ0n) is 20.9. The van der Waals surface area contributed by atoms with Crippen LogP contribution in [0.3, 0.4) is 0 Å². The minimum atomic E-state index is -0.492. The van der Waals surface area contributed by atoms with E-state index < -0.39 is 6.04 Å². The van der Waals surface area contributed by atoms with Crippen LogP contribution in [0.15, 0.2) is 34.8 Å². The van der Waals surface area contributed by atoms with Crippen molar-refractivity contribution >= 4 is 46.5 Å². The van der Waals surface area contributed by atoms with Gasteiger partial charge in [0.2, 0.25) is 0 Å². The Kier molecular flexibility index (Phi) is 6.68. The van der Waals surface area contributed by atoms with Gasteiger partial charge in [-0.3, -0.25) is 14.4 Å². The van der Waals surface area contributed by atoms with Gasteiger partial charge in [-0.2, -0.15) is 0 Å². The summed E-state index contributed by atoms with van der Waals surface area (Å²) < 4.78 is 7.31. The number of esters is 1. The summed E-state index contributed by atoms with van der Waals surface area (Å²) in [5, 5.41) is 9.80. The van der Waals surface area contributed by atoms with Gasteiger partial charge >= 0.3 is 5.97 Å². The van der Waals surface area contributed by atoms with E-state index >= 15 is 0 Å². The monoisotopic (exact) mass is 517 g/mol. The van der Waals surface area contributed by atoms with Gasteiger partial charge in [0, 0.05) is 20.9 Å². The fraction of sp³-hybridized carbons (Fsp3) is 0.296. The molecule has 0 amide bonds. The van der Waals surface area contributed by atoms with Crippen LogP contribution in [0.5, 0.6) is 0 Å². The number of rotatable bonds is 6. The van der Waals surface area contributed by atoms with Gasteiger partial charge in [0.05, 0.1) is 29.9 Å². The molecule has 0 radical (unpaired) electrons. The molecule has 4 heterocycles. The third-order valence-corrected chi connectivity index (χ3v) is 8.39. The van der Waals surface area contributed by atoms with Crippen LogP contribution < -0.4 is 0 Å². The van der Waals surface area contributed by atoms with Crippen molar-refractivity contribution in [1.29, 1.82) is 0 Å². The van der Waals surface area contributed by atoms with Gasteiger partial charge in [-0.25, -0.2) is 4.98 Å². The van der Waals surface area contributed by atoms with E-state index in [0.29, 0.717) is 12.4 Å². The van der Waals surface area contributed by atoms with Crippen LogP contribution in [0, 0.1) is 27.7 Å². The molecule has 184 valence electrons. The smallest absolute Gasteiger partial charge is 0.308 e. The van der Waals surface area contributed by atoms with Crippen molar-refractivity contribution in [3.8, 4) is 5.00 Å². The Morgan fingerprint density at radius 1 is 1.11 bits per heavy atom. The van der Waals surface area contributed by atoms with Crippen molar-refractivity contribution in [2.75, 3.05) is 6.61 Å². The lowest BCUT2D eigenvalue weighted by molar-refractivity contribution is -0.143. The number of aryl methyl sites for hydroxylation is 3. The van der Waals surface area contributed by atoms with E-state index in [1.54, 1.807) is 22.7 Å². The summed E-state index contributed by atoms with van der Waals surface area (Å²) >= 11 is 3.33. The number of hydrogen-bond donors (Lipinski definition) is 0. The third-order valence-electron chi connectivity index (χ3n) is 6.30. The van der Waals surface area contributed by atoms with Gasteiger partial charge in [0.1, 0.15) is 16.9 Å². The number of aliphatic imine (C=N–C) groups is 1. The highest BCUT2D eigenvalue weighted by molar-refractivity contribution is 7.15. The minimum absolute atomic E-state index is 0.109. The number of carbonyl (C=O) groups excluding carboxylic acids is 1. The fourth-order valence-electron chi connectivity index (χ4n) is 4.30. The molecule has 1 atom stereocenters. The molecule has 0 aliphatic carbocycles. The molecule has 0 spiro atoms. The highest BCUT2D eigenvalue weighted by Gasteiger charge is 2.32. The number of benzene rings is 1. The molecule has 1 aliphatic heterocycles. The first-order valence-corrected chi connectivity index (χ1v) is 13.5. The van der Waals surface area contributed by atoms with Crippen LogP contribution in [0.2, 0.25) is 0 Å². The van der Waals surface area contributed by atoms with Crippen molar-refractivity contribution in [3.63, 3.8) is 0 Å².